The summed E-state index contributed by atoms with van der Waals surface area (Å²) >= 11 is 0. The van der Waals surface area contributed by atoms with Gasteiger partial charge in [-0.1, -0.05) is 49.2 Å². The van der Waals surface area contributed by atoms with Crippen LogP contribution in [-0.2, 0) is 13.0 Å². The maximum atomic E-state index is 12.8. The zero-order chi connectivity index (χ0) is 18.3. The molecule has 2 heterocycles. The van der Waals surface area contributed by atoms with E-state index in [1.54, 1.807) is 10.5 Å². The molecule has 4 nitrogen and oxygen atoms in total. The highest BCUT2D eigenvalue weighted by molar-refractivity contribution is 5.80. The van der Waals surface area contributed by atoms with E-state index in [1.807, 2.05) is 18.2 Å². The van der Waals surface area contributed by atoms with Gasteiger partial charge in [-0.15, -0.1) is 0 Å². The van der Waals surface area contributed by atoms with Crippen LogP contribution in [0.4, 0.5) is 0 Å². The highest BCUT2D eigenvalue weighted by Gasteiger charge is 2.15. The Morgan fingerprint density at radius 3 is 2.54 bits per heavy atom. The number of rotatable bonds is 4. The van der Waals surface area contributed by atoms with Gasteiger partial charge in [0.2, 0.25) is 5.78 Å². The highest BCUT2D eigenvalue weighted by atomic mass is 16.1. The second kappa shape index (κ2) is 6.45. The van der Waals surface area contributed by atoms with Crippen molar-refractivity contribution in [3.05, 3.63) is 81.3 Å². The first kappa shape index (κ1) is 16.6. The first-order chi connectivity index (χ1) is 12.6. The normalized spacial score (nSPS) is 11.5. The number of benzene rings is 2. The summed E-state index contributed by atoms with van der Waals surface area (Å²) in [5.74, 6) is 0.725. The molecule has 0 unspecified atom stereocenters. The molecule has 0 saturated carbocycles. The van der Waals surface area contributed by atoms with Gasteiger partial charge < -0.3 is 4.57 Å². The second-order valence-corrected chi connectivity index (χ2v) is 6.98. The van der Waals surface area contributed by atoms with Crippen LogP contribution in [0.3, 0.4) is 0 Å². The summed E-state index contributed by atoms with van der Waals surface area (Å²) in [6.07, 6.45) is 1.79. The summed E-state index contributed by atoms with van der Waals surface area (Å²) in [7, 11) is 0. The van der Waals surface area contributed by atoms with Crippen LogP contribution in [0.2, 0.25) is 0 Å². The number of aryl methyl sites for hydroxylation is 3. The van der Waals surface area contributed by atoms with E-state index in [9.17, 15) is 4.79 Å². The lowest BCUT2D eigenvalue weighted by molar-refractivity contribution is 0.805. The van der Waals surface area contributed by atoms with Crippen molar-refractivity contribution >= 4 is 16.8 Å². The third kappa shape index (κ3) is 2.71. The molecule has 0 amide bonds. The summed E-state index contributed by atoms with van der Waals surface area (Å²) in [4.78, 5) is 17.6. The summed E-state index contributed by atoms with van der Waals surface area (Å²) in [5, 5.41) is 0. The summed E-state index contributed by atoms with van der Waals surface area (Å²) in [6, 6.07) is 16.2. The van der Waals surface area contributed by atoms with E-state index in [0.717, 1.165) is 35.3 Å². The summed E-state index contributed by atoms with van der Waals surface area (Å²) < 4.78 is 3.90. The highest BCUT2D eigenvalue weighted by Crippen LogP contribution is 2.22. The third-order valence-electron chi connectivity index (χ3n) is 4.95. The van der Waals surface area contributed by atoms with E-state index in [4.69, 9.17) is 4.98 Å². The molecule has 4 heteroatoms. The van der Waals surface area contributed by atoms with Gasteiger partial charge in [0.25, 0.3) is 5.56 Å². The Hall–Kier alpha value is -2.88. The van der Waals surface area contributed by atoms with Gasteiger partial charge in [-0.3, -0.25) is 4.79 Å². The smallest absolute Gasteiger partial charge is 0.259 e. The molecule has 0 aliphatic heterocycles. The Bertz CT molecular complexity index is 1170. The lowest BCUT2D eigenvalue weighted by Gasteiger charge is -2.10. The molecule has 0 aliphatic carbocycles. The number of imidazole rings is 1. The predicted molar refractivity (Wildman–Crippen MR) is 106 cm³/mol. The van der Waals surface area contributed by atoms with Crippen LogP contribution in [0, 0.1) is 13.8 Å². The van der Waals surface area contributed by atoms with Crippen molar-refractivity contribution in [3.63, 3.8) is 0 Å². The molecule has 0 fully saturated rings. The molecule has 0 atom stereocenters. The molecule has 0 radical (unpaired) electrons. The van der Waals surface area contributed by atoms with E-state index in [1.165, 1.54) is 16.7 Å². The largest absolute Gasteiger partial charge is 0.305 e. The fraction of sp³-hybridized carbons (Fsp3) is 0.273. The van der Waals surface area contributed by atoms with Gasteiger partial charge >= 0.3 is 0 Å². The van der Waals surface area contributed by atoms with E-state index in [-0.39, 0.29) is 5.56 Å². The molecule has 0 aliphatic rings. The number of nitrogens with zero attached hydrogens (tertiary/aromatic N) is 3. The van der Waals surface area contributed by atoms with Crippen molar-refractivity contribution in [2.45, 2.75) is 40.2 Å². The fourth-order valence-electron chi connectivity index (χ4n) is 3.59. The molecule has 0 spiro atoms. The van der Waals surface area contributed by atoms with Gasteiger partial charge in [0.1, 0.15) is 0 Å². The predicted octanol–water partition coefficient (Wildman–Crippen LogP) is 4.27. The van der Waals surface area contributed by atoms with E-state index in [2.05, 4.69) is 49.6 Å². The van der Waals surface area contributed by atoms with Crippen LogP contribution in [-0.4, -0.2) is 14.0 Å². The monoisotopic (exact) mass is 345 g/mol. The minimum Gasteiger partial charge on any atom is -0.305 e. The first-order valence-electron chi connectivity index (χ1n) is 9.14. The molecule has 4 rings (SSSR count). The molecule has 26 heavy (non-hydrogen) atoms. The van der Waals surface area contributed by atoms with E-state index >= 15 is 0 Å². The zero-order valence-electron chi connectivity index (χ0n) is 15.5. The average molecular weight is 345 g/mol. The number of fused-ring (bicyclic) bond motifs is 3. The molecule has 0 saturated heterocycles. The number of hydrogen-bond acceptors (Lipinski definition) is 2. The minimum atomic E-state index is -0.00522. The molecule has 2 aromatic carbocycles. The van der Waals surface area contributed by atoms with Crippen LogP contribution in [0.1, 0.15) is 35.7 Å². The van der Waals surface area contributed by atoms with Crippen molar-refractivity contribution in [1.29, 1.82) is 0 Å². The topological polar surface area (TPSA) is 39.3 Å². The average Bonchev–Trinajstić information content (AvgIpc) is 2.93. The fourth-order valence-corrected chi connectivity index (χ4v) is 3.59. The molecule has 0 bridgehead atoms. The van der Waals surface area contributed by atoms with Crippen LogP contribution < -0.4 is 5.56 Å². The van der Waals surface area contributed by atoms with Gasteiger partial charge in [-0.25, -0.2) is 9.38 Å². The Morgan fingerprint density at radius 2 is 1.77 bits per heavy atom. The maximum absolute atomic E-state index is 12.8. The number of para-hydroxylation sites is 2. The Balaban J connectivity index is 2.02. The molecule has 2 aromatic heterocycles. The summed E-state index contributed by atoms with van der Waals surface area (Å²) in [6.45, 7) is 7.05. The lowest BCUT2D eigenvalue weighted by Crippen LogP contribution is -2.16. The Labute approximate surface area is 152 Å². The number of hydrogen-bond donors (Lipinski definition) is 0. The van der Waals surface area contributed by atoms with Crippen LogP contribution in [0.5, 0.6) is 0 Å². The van der Waals surface area contributed by atoms with Crippen molar-refractivity contribution in [2.75, 3.05) is 0 Å². The zero-order valence-corrected chi connectivity index (χ0v) is 15.5. The van der Waals surface area contributed by atoms with Gasteiger partial charge in [0, 0.05) is 11.8 Å². The summed E-state index contributed by atoms with van der Waals surface area (Å²) in [5.41, 5.74) is 6.54. The Kier molecular flexibility index (Phi) is 4.11. The molecule has 4 aromatic rings. The molecule has 0 N–H and O–H groups in total. The van der Waals surface area contributed by atoms with Gasteiger partial charge in [-0.2, -0.15) is 0 Å². The SMILES string of the molecule is CCCc1cc(=O)n2c3ccccc3n(Cc3cc(C)ccc3C)c2n1. The maximum Gasteiger partial charge on any atom is 0.259 e. The molecular weight excluding hydrogens is 322 g/mol. The van der Waals surface area contributed by atoms with Crippen molar-refractivity contribution in [3.8, 4) is 0 Å². The lowest BCUT2D eigenvalue weighted by atomic mass is 10.1. The number of aromatic nitrogens is 3. The van der Waals surface area contributed by atoms with E-state index < -0.39 is 0 Å². The standard InChI is InChI=1S/C22H23N3O/c1-4-7-18-13-21(26)25-20-9-6-5-8-19(20)24(22(25)23-18)14-17-12-15(2)10-11-16(17)3/h5-6,8-13H,4,7,14H2,1-3H3. The van der Waals surface area contributed by atoms with E-state index in [0.29, 0.717) is 6.54 Å². The molecule has 132 valence electrons. The third-order valence-corrected chi connectivity index (χ3v) is 4.95. The van der Waals surface area contributed by atoms with Crippen LogP contribution in [0.15, 0.2) is 53.3 Å². The first-order valence-corrected chi connectivity index (χ1v) is 9.14. The van der Waals surface area contributed by atoms with Crippen molar-refractivity contribution < 1.29 is 0 Å². The minimum absolute atomic E-state index is 0.00522. The Morgan fingerprint density at radius 1 is 1.00 bits per heavy atom. The molecular formula is C22H23N3O. The van der Waals surface area contributed by atoms with Gasteiger partial charge in [0.05, 0.1) is 17.6 Å². The van der Waals surface area contributed by atoms with Gasteiger partial charge in [-0.05, 0) is 43.5 Å². The van der Waals surface area contributed by atoms with Crippen molar-refractivity contribution in [1.82, 2.24) is 14.0 Å². The van der Waals surface area contributed by atoms with Crippen LogP contribution in [0.25, 0.3) is 16.8 Å². The van der Waals surface area contributed by atoms with Gasteiger partial charge in [0.15, 0.2) is 0 Å². The quantitative estimate of drug-likeness (QED) is 0.554. The van der Waals surface area contributed by atoms with Crippen molar-refractivity contribution in [2.24, 2.45) is 0 Å². The second-order valence-electron chi connectivity index (χ2n) is 6.98. The van der Waals surface area contributed by atoms with Crippen LogP contribution >= 0.6 is 0 Å².